The van der Waals surface area contributed by atoms with E-state index in [1.807, 2.05) is 49.2 Å². The van der Waals surface area contributed by atoms with Gasteiger partial charge in [-0.25, -0.2) is 4.98 Å². The van der Waals surface area contributed by atoms with Gasteiger partial charge in [0.2, 0.25) is 0 Å². The van der Waals surface area contributed by atoms with E-state index in [4.69, 9.17) is 33.1 Å². The monoisotopic (exact) mass is 584 g/mol. The van der Waals surface area contributed by atoms with Crippen molar-refractivity contribution < 1.29 is 14.3 Å². The first-order chi connectivity index (χ1) is 20.6. The summed E-state index contributed by atoms with van der Waals surface area (Å²) in [5, 5.41) is 10.0. The maximum atomic E-state index is 13.0. The number of allylic oxidation sites excluding steroid dienone is 4. The number of aldehydes is 1. The summed E-state index contributed by atoms with van der Waals surface area (Å²) in [6.07, 6.45) is 12.5. The lowest BCUT2D eigenvalue weighted by molar-refractivity contribution is -0.118. The highest BCUT2D eigenvalue weighted by Gasteiger charge is 2.18. The molecule has 0 bridgehead atoms. The van der Waals surface area contributed by atoms with Gasteiger partial charge in [0, 0.05) is 73.2 Å². The number of hydrogen-bond donors (Lipinski definition) is 6. The molecule has 0 aliphatic carbocycles. The van der Waals surface area contributed by atoms with Gasteiger partial charge in [-0.15, -0.1) is 0 Å². The maximum Gasteiger partial charge on any atom is 0.261 e. The number of nitrogens with one attached hydrogen (secondary N) is 2. The van der Waals surface area contributed by atoms with Crippen LogP contribution in [0, 0.1) is 18.3 Å². The topological polar surface area (TPSA) is 199 Å². The Hall–Kier alpha value is -5.16. The number of pyridine rings is 1. The molecule has 1 aliphatic rings. The first kappa shape index (κ1) is 32.4. The SMILES string of the molecule is C/C(=C\N(/C=C(\C=O)C(=O)N/C(N)=C/C=C(\N)c1cc(/C(C=N)=C/N)cnc1N)CC1CCOCC1)c1ccc(C)cc1. The normalized spacial score (nSPS) is 15.6. The number of aromatic nitrogens is 1. The number of carbonyl (C=O) groups is 2. The van der Waals surface area contributed by atoms with E-state index in [2.05, 4.69) is 10.3 Å². The molecule has 1 fully saturated rings. The first-order valence-corrected chi connectivity index (χ1v) is 13.8. The first-order valence-electron chi connectivity index (χ1n) is 13.8. The number of anilines is 1. The van der Waals surface area contributed by atoms with Crippen molar-refractivity contribution in [1.29, 1.82) is 5.41 Å². The van der Waals surface area contributed by atoms with Crippen LogP contribution in [0.5, 0.6) is 0 Å². The summed E-state index contributed by atoms with van der Waals surface area (Å²) in [5.41, 5.74) is 28.5. The van der Waals surface area contributed by atoms with Crippen LogP contribution >= 0.6 is 0 Å². The van der Waals surface area contributed by atoms with E-state index in [9.17, 15) is 9.59 Å². The minimum atomic E-state index is -0.666. The Balaban J connectivity index is 1.82. The summed E-state index contributed by atoms with van der Waals surface area (Å²) in [7, 11) is 0. The summed E-state index contributed by atoms with van der Waals surface area (Å²) in [6.45, 7) is 6.00. The molecule has 1 aromatic carbocycles. The highest BCUT2D eigenvalue weighted by Crippen LogP contribution is 2.22. The lowest BCUT2D eigenvalue weighted by atomic mass is 9.99. The molecule has 0 atom stereocenters. The predicted octanol–water partition coefficient (Wildman–Crippen LogP) is 3.01. The molecule has 1 aliphatic heterocycles. The molecule has 10 N–H and O–H groups in total. The van der Waals surface area contributed by atoms with Crippen molar-refractivity contribution >= 4 is 41.1 Å². The molecule has 1 saturated heterocycles. The zero-order chi connectivity index (χ0) is 31.4. The summed E-state index contributed by atoms with van der Waals surface area (Å²) < 4.78 is 5.50. The Morgan fingerprint density at radius 3 is 2.47 bits per heavy atom. The molecule has 0 unspecified atom stereocenters. The van der Waals surface area contributed by atoms with Crippen LogP contribution in [0.3, 0.4) is 0 Å². The Labute approximate surface area is 252 Å². The van der Waals surface area contributed by atoms with Crippen LogP contribution in [0.1, 0.15) is 42.0 Å². The van der Waals surface area contributed by atoms with Gasteiger partial charge in [-0.2, -0.15) is 0 Å². The molecular weight excluding hydrogens is 544 g/mol. The van der Waals surface area contributed by atoms with Crippen LogP contribution in [-0.4, -0.2) is 48.1 Å². The molecule has 43 heavy (non-hydrogen) atoms. The highest BCUT2D eigenvalue weighted by molar-refractivity contribution is 6.11. The van der Waals surface area contributed by atoms with Crippen LogP contribution in [0.15, 0.2) is 78.7 Å². The second-order valence-electron chi connectivity index (χ2n) is 10.3. The van der Waals surface area contributed by atoms with Gasteiger partial charge in [0.25, 0.3) is 5.91 Å². The van der Waals surface area contributed by atoms with Gasteiger partial charge in [-0.05, 0) is 62.0 Å². The van der Waals surface area contributed by atoms with E-state index >= 15 is 0 Å². The highest BCUT2D eigenvalue weighted by atomic mass is 16.5. The third-order valence-corrected chi connectivity index (χ3v) is 6.97. The zero-order valence-corrected chi connectivity index (χ0v) is 24.5. The molecule has 11 nitrogen and oxygen atoms in total. The Morgan fingerprint density at radius 2 is 1.84 bits per heavy atom. The molecule has 2 heterocycles. The van der Waals surface area contributed by atoms with Gasteiger partial charge in [0.15, 0.2) is 6.29 Å². The molecule has 2 aromatic rings. The second-order valence-corrected chi connectivity index (χ2v) is 10.3. The van der Waals surface area contributed by atoms with Crippen molar-refractivity contribution in [3.8, 4) is 0 Å². The minimum absolute atomic E-state index is 0.0345. The van der Waals surface area contributed by atoms with Crippen molar-refractivity contribution in [3.63, 3.8) is 0 Å². The van der Waals surface area contributed by atoms with Gasteiger partial charge in [0.1, 0.15) is 11.6 Å². The number of nitrogens with two attached hydrogens (primary N) is 4. The number of carbonyl (C=O) groups excluding carboxylic acids is 2. The van der Waals surface area contributed by atoms with Crippen molar-refractivity contribution in [2.24, 2.45) is 23.1 Å². The van der Waals surface area contributed by atoms with E-state index in [1.54, 1.807) is 6.07 Å². The van der Waals surface area contributed by atoms with Crippen molar-refractivity contribution in [1.82, 2.24) is 15.2 Å². The van der Waals surface area contributed by atoms with E-state index in [-0.39, 0.29) is 22.9 Å². The zero-order valence-electron chi connectivity index (χ0n) is 24.5. The Morgan fingerprint density at radius 1 is 1.14 bits per heavy atom. The second kappa shape index (κ2) is 15.7. The molecule has 0 spiro atoms. The predicted molar refractivity (Wildman–Crippen MR) is 171 cm³/mol. The van der Waals surface area contributed by atoms with Crippen LogP contribution in [0.2, 0.25) is 0 Å². The Kier molecular flexibility index (Phi) is 11.8. The lowest BCUT2D eigenvalue weighted by Crippen LogP contribution is -2.31. The fourth-order valence-corrected chi connectivity index (χ4v) is 4.44. The van der Waals surface area contributed by atoms with Gasteiger partial charge >= 0.3 is 0 Å². The van der Waals surface area contributed by atoms with Crippen LogP contribution in [0.25, 0.3) is 16.8 Å². The third kappa shape index (κ3) is 9.44. The van der Waals surface area contributed by atoms with Gasteiger partial charge in [-0.3, -0.25) is 9.59 Å². The van der Waals surface area contributed by atoms with Crippen LogP contribution < -0.4 is 28.3 Å². The van der Waals surface area contributed by atoms with Gasteiger partial charge in [-0.1, -0.05) is 29.8 Å². The quantitative estimate of drug-likeness (QED) is 0.0542. The lowest BCUT2D eigenvalue weighted by Gasteiger charge is -2.27. The number of ether oxygens (including phenoxy) is 1. The van der Waals surface area contributed by atoms with Gasteiger partial charge in [0.05, 0.1) is 5.57 Å². The van der Waals surface area contributed by atoms with Crippen molar-refractivity contribution in [3.05, 3.63) is 101 Å². The van der Waals surface area contributed by atoms with E-state index < -0.39 is 5.91 Å². The molecule has 0 saturated carbocycles. The molecular formula is C32H40N8O3. The number of benzene rings is 1. The van der Waals surface area contributed by atoms with E-state index in [0.29, 0.717) is 48.7 Å². The average molecular weight is 585 g/mol. The van der Waals surface area contributed by atoms with E-state index in [1.165, 1.54) is 30.7 Å². The van der Waals surface area contributed by atoms with Crippen molar-refractivity contribution in [2.75, 3.05) is 25.5 Å². The Bertz CT molecular complexity index is 1470. The number of nitrogens with zero attached hydrogens (tertiary/aromatic N) is 2. The summed E-state index contributed by atoms with van der Waals surface area (Å²) >= 11 is 0. The summed E-state index contributed by atoms with van der Waals surface area (Å²) in [4.78, 5) is 31.1. The molecule has 11 heteroatoms. The number of nitrogen functional groups attached to an aromatic ring is 1. The average Bonchev–Trinajstić information content (AvgIpc) is 3.00. The fraction of sp³-hybridized carbons (Fsp3) is 0.250. The number of amides is 1. The number of hydrogen-bond acceptors (Lipinski definition) is 10. The maximum absolute atomic E-state index is 13.0. The third-order valence-electron chi connectivity index (χ3n) is 6.97. The summed E-state index contributed by atoms with van der Waals surface area (Å²) in [5.74, 6) is -0.189. The number of aryl methyl sites for hydroxylation is 1. The minimum Gasteiger partial charge on any atom is -0.404 e. The smallest absolute Gasteiger partial charge is 0.261 e. The largest absolute Gasteiger partial charge is 0.404 e. The molecule has 1 amide bonds. The number of rotatable bonds is 12. The van der Waals surface area contributed by atoms with Gasteiger partial charge < -0.3 is 43.3 Å². The standard InChI is InChI=1S/C32H40N8O3/c1-21-3-5-24(6-4-21)22(2)17-40(18-23-9-11-43-12-10-23)19-27(20-41)32(42)39-30(36)8-7-29(35)28-13-25(16-38-31(28)37)26(14-33)15-34/h3-8,13-17,19-20,23,33H,9-12,18,34-36H2,1-2H3,(H2,37,38)(H,39,42)/b22-17+,26-15+,27-19+,29-7-,30-8+,33-14?. The fourth-order valence-electron chi connectivity index (χ4n) is 4.44. The summed E-state index contributed by atoms with van der Waals surface area (Å²) in [6, 6.07) is 9.80. The molecule has 3 rings (SSSR count). The molecule has 0 radical (unpaired) electrons. The van der Waals surface area contributed by atoms with Crippen LogP contribution in [-0.2, 0) is 14.3 Å². The molecule has 226 valence electrons. The molecule has 1 aromatic heterocycles. The van der Waals surface area contributed by atoms with Crippen LogP contribution in [0.4, 0.5) is 5.82 Å². The van der Waals surface area contributed by atoms with Crippen molar-refractivity contribution in [2.45, 2.75) is 26.7 Å². The van der Waals surface area contributed by atoms with E-state index in [0.717, 1.165) is 35.8 Å².